The number of hydrogen-bond acceptors (Lipinski definition) is 3. The number of rotatable bonds is 6. The van der Waals surface area contributed by atoms with Gasteiger partial charge in [-0.15, -0.1) is 0 Å². The summed E-state index contributed by atoms with van der Waals surface area (Å²) >= 11 is 0. The average molecular weight is 398 g/mol. The minimum Gasteiger partial charge on any atom is -0.325 e. The molecule has 28 heavy (non-hydrogen) atoms. The zero-order valence-corrected chi connectivity index (χ0v) is 16.0. The van der Waals surface area contributed by atoms with Crippen LogP contribution in [0.15, 0.2) is 83.8 Å². The summed E-state index contributed by atoms with van der Waals surface area (Å²) in [5.74, 6) is -1.03. The molecule has 5 nitrogen and oxygen atoms in total. The van der Waals surface area contributed by atoms with E-state index in [-0.39, 0.29) is 4.90 Å². The second-order valence-electron chi connectivity index (χ2n) is 6.22. The van der Waals surface area contributed by atoms with Crippen molar-refractivity contribution in [2.75, 3.05) is 16.2 Å². The van der Waals surface area contributed by atoms with Gasteiger partial charge in [0.15, 0.2) is 0 Å². The Kier molecular flexibility index (Phi) is 5.75. The summed E-state index contributed by atoms with van der Waals surface area (Å²) in [6.45, 7) is 1.47. The van der Waals surface area contributed by atoms with Gasteiger partial charge in [0.05, 0.1) is 10.6 Å². The third-order valence-corrected chi connectivity index (χ3v) is 5.82. The number of aryl methyl sites for hydroxylation is 1. The Morgan fingerprint density at radius 1 is 0.964 bits per heavy atom. The van der Waals surface area contributed by atoms with Crippen molar-refractivity contribution in [3.8, 4) is 0 Å². The van der Waals surface area contributed by atoms with Crippen LogP contribution in [0, 0.1) is 12.7 Å². The summed E-state index contributed by atoms with van der Waals surface area (Å²) in [5, 5.41) is 2.71. The molecule has 3 aromatic rings. The number of para-hydroxylation sites is 1. The predicted octanol–water partition coefficient (Wildman–Crippen LogP) is 3.97. The number of nitrogens with one attached hydrogen (secondary N) is 1. The van der Waals surface area contributed by atoms with Crippen molar-refractivity contribution in [3.05, 3.63) is 90.2 Å². The second kappa shape index (κ2) is 8.22. The number of amides is 1. The van der Waals surface area contributed by atoms with E-state index >= 15 is 0 Å². The zero-order valence-electron chi connectivity index (χ0n) is 15.2. The highest BCUT2D eigenvalue weighted by molar-refractivity contribution is 7.92. The minimum atomic E-state index is -4.06. The summed E-state index contributed by atoms with van der Waals surface area (Å²) in [4.78, 5) is 12.5. The first-order valence-corrected chi connectivity index (χ1v) is 10.0. The molecular formula is C21H19FN2O3S. The average Bonchev–Trinajstić information content (AvgIpc) is 2.67. The summed E-state index contributed by atoms with van der Waals surface area (Å²) < 4.78 is 40.4. The molecule has 1 N–H and O–H groups in total. The summed E-state index contributed by atoms with van der Waals surface area (Å²) in [6, 6.07) is 20.0. The van der Waals surface area contributed by atoms with E-state index < -0.39 is 28.3 Å². The van der Waals surface area contributed by atoms with Gasteiger partial charge in [-0.25, -0.2) is 12.8 Å². The molecule has 3 aromatic carbocycles. The van der Waals surface area contributed by atoms with E-state index in [0.717, 1.165) is 22.0 Å². The molecule has 0 radical (unpaired) electrons. The van der Waals surface area contributed by atoms with Gasteiger partial charge in [-0.2, -0.15) is 0 Å². The fourth-order valence-corrected chi connectivity index (χ4v) is 4.12. The van der Waals surface area contributed by atoms with Gasteiger partial charge in [0.1, 0.15) is 12.4 Å². The molecule has 0 heterocycles. The van der Waals surface area contributed by atoms with E-state index in [1.54, 1.807) is 48.5 Å². The topological polar surface area (TPSA) is 66.5 Å². The molecule has 0 saturated carbocycles. The lowest BCUT2D eigenvalue weighted by Crippen LogP contribution is -2.38. The van der Waals surface area contributed by atoms with Crippen molar-refractivity contribution < 1.29 is 17.6 Å². The molecule has 3 rings (SSSR count). The SMILES string of the molecule is Cc1cccc(NC(=O)CN(c2ccccc2)S(=O)(=O)c2ccc(F)cc2)c1. The largest absolute Gasteiger partial charge is 0.325 e. The van der Waals surface area contributed by atoms with E-state index in [1.807, 2.05) is 13.0 Å². The van der Waals surface area contributed by atoms with E-state index in [1.165, 1.54) is 12.1 Å². The van der Waals surface area contributed by atoms with Gasteiger partial charge < -0.3 is 5.32 Å². The van der Waals surface area contributed by atoms with Crippen molar-refractivity contribution >= 4 is 27.3 Å². The third-order valence-electron chi connectivity index (χ3n) is 4.03. The lowest BCUT2D eigenvalue weighted by atomic mass is 10.2. The minimum absolute atomic E-state index is 0.0962. The maximum absolute atomic E-state index is 13.2. The van der Waals surface area contributed by atoms with Gasteiger partial charge in [-0.05, 0) is 61.0 Å². The van der Waals surface area contributed by atoms with Crippen LogP contribution in [0.25, 0.3) is 0 Å². The maximum atomic E-state index is 13.2. The second-order valence-corrected chi connectivity index (χ2v) is 8.08. The van der Waals surface area contributed by atoms with Crippen molar-refractivity contribution in [1.82, 2.24) is 0 Å². The van der Waals surface area contributed by atoms with Crippen LogP contribution in [0.3, 0.4) is 0 Å². The number of carbonyl (C=O) groups is 1. The Morgan fingerprint density at radius 2 is 1.64 bits per heavy atom. The van der Waals surface area contributed by atoms with Crippen molar-refractivity contribution in [3.63, 3.8) is 0 Å². The summed E-state index contributed by atoms with van der Waals surface area (Å²) in [7, 11) is -4.06. The predicted molar refractivity (Wildman–Crippen MR) is 107 cm³/mol. The van der Waals surface area contributed by atoms with E-state index in [9.17, 15) is 17.6 Å². The Labute approximate surface area is 163 Å². The lowest BCUT2D eigenvalue weighted by Gasteiger charge is -2.24. The third kappa shape index (κ3) is 4.55. The van der Waals surface area contributed by atoms with Crippen molar-refractivity contribution in [2.24, 2.45) is 0 Å². The first-order valence-electron chi connectivity index (χ1n) is 8.56. The van der Waals surface area contributed by atoms with Crippen molar-refractivity contribution in [2.45, 2.75) is 11.8 Å². The van der Waals surface area contributed by atoms with Crippen LogP contribution >= 0.6 is 0 Å². The quantitative estimate of drug-likeness (QED) is 0.683. The number of anilines is 2. The van der Waals surface area contributed by atoms with Crippen LogP contribution in [-0.4, -0.2) is 20.9 Å². The number of nitrogens with zero attached hydrogens (tertiary/aromatic N) is 1. The Morgan fingerprint density at radius 3 is 2.29 bits per heavy atom. The molecule has 0 aliphatic rings. The standard InChI is InChI=1S/C21H19FN2O3S/c1-16-6-5-7-18(14-16)23-21(25)15-24(19-8-3-2-4-9-19)28(26,27)20-12-10-17(22)11-13-20/h2-14H,15H2,1H3,(H,23,25). The van der Waals surface area contributed by atoms with E-state index in [2.05, 4.69) is 5.32 Å². The summed E-state index contributed by atoms with van der Waals surface area (Å²) in [6.07, 6.45) is 0. The van der Waals surface area contributed by atoms with Gasteiger partial charge in [-0.3, -0.25) is 9.10 Å². The van der Waals surface area contributed by atoms with E-state index in [4.69, 9.17) is 0 Å². The van der Waals surface area contributed by atoms with Crippen molar-refractivity contribution in [1.29, 1.82) is 0 Å². The molecule has 0 spiro atoms. The number of sulfonamides is 1. The van der Waals surface area contributed by atoms with Gasteiger partial charge in [-0.1, -0.05) is 30.3 Å². The maximum Gasteiger partial charge on any atom is 0.264 e. The number of benzene rings is 3. The lowest BCUT2D eigenvalue weighted by molar-refractivity contribution is -0.114. The molecule has 0 aromatic heterocycles. The molecule has 144 valence electrons. The molecule has 7 heteroatoms. The van der Waals surface area contributed by atoms with Crippen LogP contribution in [0.2, 0.25) is 0 Å². The van der Waals surface area contributed by atoms with Gasteiger partial charge >= 0.3 is 0 Å². The molecule has 1 amide bonds. The van der Waals surface area contributed by atoms with E-state index in [0.29, 0.717) is 11.4 Å². The van der Waals surface area contributed by atoms with Crippen LogP contribution < -0.4 is 9.62 Å². The normalized spacial score (nSPS) is 11.1. The first-order chi connectivity index (χ1) is 13.4. The molecule has 0 saturated heterocycles. The molecule has 0 bridgehead atoms. The molecule has 0 fully saturated rings. The van der Waals surface area contributed by atoms with Crippen LogP contribution in [0.5, 0.6) is 0 Å². The molecule has 0 aliphatic heterocycles. The highest BCUT2D eigenvalue weighted by Crippen LogP contribution is 2.24. The highest BCUT2D eigenvalue weighted by atomic mass is 32.2. The number of hydrogen-bond donors (Lipinski definition) is 1. The van der Waals surface area contributed by atoms with Crippen LogP contribution in [-0.2, 0) is 14.8 Å². The van der Waals surface area contributed by atoms with Crippen LogP contribution in [0.4, 0.5) is 15.8 Å². The van der Waals surface area contributed by atoms with Gasteiger partial charge in [0.25, 0.3) is 10.0 Å². The molecule has 0 unspecified atom stereocenters. The van der Waals surface area contributed by atoms with Gasteiger partial charge in [0.2, 0.25) is 5.91 Å². The Hall–Kier alpha value is -3.19. The highest BCUT2D eigenvalue weighted by Gasteiger charge is 2.27. The fraction of sp³-hybridized carbons (Fsp3) is 0.0952. The molecular weight excluding hydrogens is 379 g/mol. The van der Waals surface area contributed by atoms with Gasteiger partial charge in [0, 0.05) is 5.69 Å². The monoisotopic (exact) mass is 398 g/mol. The molecule has 0 atom stereocenters. The first kappa shape index (κ1) is 19.6. The number of halogens is 1. The number of carbonyl (C=O) groups excluding carboxylic acids is 1. The molecule has 0 aliphatic carbocycles. The smallest absolute Gasteiger partial charge is 0.264 e. The Balaban J connectivity index is 1.91. The zero-order chi connectivity index (χ0) is 20.1. The fourth-order valence-electron chi connectivity index (χ4n) is 2.70. The van der Waals surface area contributed by atoms with Crippen LogP contribution in [0.1, 0.15) is 5.56 Å². The summed E-state index contributed by atoms with van der Waals surface area (Å²) in [5.41, 5.74) is 1.89. The Bertz CT molecular complexity index is 1070.